The first-order valence-corrected chi connectivity index (χ1v) is 7.17. The molecule has 0 aliphatic heterocycles. The Balaban J connectivity index is 1.57. The lowest BCUT2D eigenvalue weighted by molar-refractivity contribution is -0.122. The highest BCUT2D eigenvalue weighted by Gasteiger charge is 2.54. The van der Waals surface area contributed by atoms with Gasteiger partial charge in [0.05, 0.1) is 4.99 Å². The quantitative estimate of drug-likeness (QED) is 0.563. The summed E-state index contributed by atoms with van der Waals surface area (Å²) in [5.41, 5.74) is 5.42. The van der Waals surface area contributed by atoms with E-state index >= 15 is 0 Å². The molecule has 2 atom stereocenters. The van der Waals surface area contributed by atoms with Crippen molar-refractivity contribution in [2.24, 2.45) is 23.5 Å². The van der Waals surface area contributed by atoms with Gasteiger partial charge in [0.2, 0.25) is 5.91 Å². The number of thiocarbonyl (C=S) groups is 1. The summed E-state index contributed by atoms with van der Waals surface area (Å²) >= 11 is 4.81. The molecule has 2 unspecified atom stereocenters. The normalized spacial score (nSPS) is 30.5. The van der Waals surface area contributed by atoms with Crippen LogP contribution < -0.4 is 11.1 Å². The molecule has 2 aliphatic rings. The van der Waals surface area contributed by atoms with Crippen molar-refractivity contribution in [2.45, 2.75) is 44.9 Å². The van der Waals surface area contributed by atoms with Gasteiger partial charge in [0.15, 0.2) is 0 Å². The lowest BCUT2D eigenvalue weighted by atomic mass is 10.0. The van der Waals surface area contributed by atoms with Gasteiger partial charge in [0.1, 0.15) is 0 Å². The van der Waals surface area contributed by atoms with E-state index in [1.54, 1.807) is 0 Å². The van der Waals surface area contributed by atoms with Crippen LogP contribution in [0.2, 0.25) is 0 Å². The molecule has 1 amide bonds. The summed E-state index contributed by atoms with van der Waals surface area (Å²) in [6.07, 6.45) is 7.92. The molecule has 3 nitrogen and oxygen atoms in total. The van der Waals surface area contributed by atoms with Crippen LogP contribution in [0.4, 0.5) is 0 Å². The third-order valence-electron chi connectivity index (χ3n) is 4.11. The van der Waals surface area contributed by atoms with Gasteiger partial charge in [-0.3, -0.25) is 4.79 Å². The molecular weight excluding hydrogens is 232 g/mol. The Labute approximate surface area is 109 Å². The Kier molecular flexibility index (Phi) is 4.37. The second-order valence-electron chi connectivity index (χ2n) is 5.35. The molecule has 0 spiro atoms. The number of nitrogens with one attached hydrogen (secondary N) is 1. The summed E-state index contributed by atoms with van der Waals surface area (Å²) in [5.74, 6) is 2.05. The van der Waals surface area contributed by atoms with Gasteiger partial charge in [-0.1, -0.05) is 25.1 Å². The molecule has 2 saturated carbocycles. The predicted molar refractivity (Wildman–Crippen MR) is 72.6 cm³/mol. The largest absolute Gasteiger partial charge is 0.393 e. The van der Waals surface area contributed by atoms with Gasteiger partial charge < -0.3 is 11.1 Å². The molecule has 0 aromatic heterocycles. The molecule has 0 radical (unpaired) electrons. The highest BCUT2D eigenvalue weighted by Crippen LogP contribution is 2.55. The zero-order chi connectivity index (χ0) is 12.3. The molecule has 2 fully saturated rings. The van der Waals surface area contributed by atoms with Crippen LogP contribution in [0, 0.1) is 17.8 Å². The zero-order valence-corrected chi connectivity index (χ0v) is 11.1. The fraction of sp³-hybridized carbons (Fsp3) is 0.846. The smallest absolute Gasteiger partial charge is 0.223 e. The van der Waals surface area contributed by atoms with E-state index in [0.29, 0.717) is 22.7 Å². The lowest BCUT2D eigenvalue weighted by Crippen LogP contribution is -2.27. The van der Waals surface area contributed by atoms with Gasteiger partial charge in [0.25, 0.3) is 0 Å². The van der Waals surface area contributed by atoms with Gasteiger partial charge in [-0.15, -0.1) is 0 Å². The second-order valence-corrected chi connectivity index (χ2v) is 5.88. The number of nitrogens with two attached hydrogens (primary N) is 1. The van der Waals surface area contributed by atoms with Crippen molar-refractivity contribution in [3.05, 3.63) is 0 Å². The summed E-state index contributed by atoms with van der Waals surface area (Å²) < 4.78 is 0. The summed E-state index contributed by atoms with van der Waals surface area (Å²) in [5, 5.41) is 3.05. The lowest BCUT2D eigenvalue weighted by Gasteiger charge is -2.04. The average Bonchev–Trinajstić information content (AvgIpc) is 3.02. The maximum Gasteiger partial charge on any atom is 0.223 e. The fourth-order valence-corrected chi connectivity index (χ4v) is 3.28. The van der Waals surface area contributed by atoms with Crippen LogP contribution in [0.15, 0.2) is 0 Å². The van der Waals surface area contributed by atoms with E-state index in [1.165, 1.54) is 25.7 Å². The number of carbonyl (C=O) groups excluding carboxylic acids is 1. The molecule has 0 aromatic rings. The van der Waals surface area contributed by atoms with Crippen molar-refractivity contribution in [2.75, 3.05) is 6.54 Å². The molecule has 2 rings (SSSR count). The Hall–Kier alpha value is -0.640. The minimum atomic E-state index is 0.289. The Morgan fingerprint density at radius 2 is 1.88 bits per heavy atom. The average molecular weight is 254 g/mol. The van der Waals surface area contributed by atoms with Gasteiger partial charge in [-0.05, 0) is 43.9 Å². The van der Waals surface area contributed by atoms with Gasteiger partial charge in [-0.25, -0.2) is 0 Å². The Bertz CT molecular complexity index is 294. The number of amides is 1. The summed E-state index contributed by atoms with van der Waals surface area (Å²) in [6, 6.07) is 0. The van der Waals surface area contributed by atoms with Crippen molar-refractivity contribution in [1.82, 2.24) is 5.32 Å². The third-order valence-corrected chi connectivity index (χ3v) is 4.31. The van der Waals surface area contributed by atoms with Crippen molar-refractivity contribution in [1.29, 1.82) is 0 Å². The maximum atomic E-state index is 11.9. The van der Waals surface area contributed by atoms with Crippen molar-refractivity contribution in [3.63, 3.8) is 0 Å². The molecule has 0 saturated heterocycles. The molecule has 3 N–H and O–H groups in total. The molecule has 96 valence electrons. The fourth-order valence-electron chi connectivity index (χ4n) is 3.13. The number of hydrogen-bond acceptors (Lipinski definition) is 2. The molecule has 0 bridgehead atoms. The van der Waals surface area contributed by atoms with Gasteiger partial charge in [-0.2, -0.15) is 0 Å². The Morgan fingerprint density at radius 3 is 2.47 bits per heavy atom. The standard InChI is InChI=1S/C13H22N2OS/c14-11(17)7-3-4-8-15-13(16)12-9-5-1-2-6-10(9)12/h9-10,12H,1-8H2,(H2,14,17)(H,15,16). The van der Waals surface area contributed by atoms with Crippen LogP contribution in [0.3, 0.4) is 0 Å². The first-order valence-electron chi connectivity index (χ1n) is 6.76. The number of unbranched alkanes of at least 4 members (excludes halogenated alkanes) is 1. The molecule has 4 heteroatoms. The van der Waals surface area contributed by atoms with Crippen LogP contribution >= 0.6 is 12.2 Å². The van der Waals surface area contributed by atoms with E-state index in [1.807, 2.05) is 0 Å². The van der Waals surface area contributed by atoms with E-state index in [-0.39, 0.29) is 5.91 Å². The van der Waals surface area contributed by atoms with Gasteiger partial charge >= 0.3 is 0 Å². The number of rotatable bonds is 6. The SMILES string of the molecule is NC(=S)CCCCNC(=O)C1C2CCCCC21. The second kappa shape index (κ2) is 5.80. The van der Waals surface area contributed by atoms with Crippen LogP contribution in [0.5, 0.6) is 0 Å². The van der Waals surface area contributed by atoms with Crippen LogP contribution in [-0.4, -0.2) is 17.4 Å². The van der Waals surface area contributed by atoms with Crippen LogP contribution in [0.25, 0.3) is 0 Å². The summed E-state index contributed by atoms with van der Waals surface area (Å²) in [4.78, 5) is 12.5. The molecule has 0 aromatic carbocycles. The predicted octanol–water partition coefficient (Wildman–Crippen LogP) is 2.00. The molecule has 17 heavy (non-hydrogen) atoms. The number of hydrogen-bond donors (Lipinski definition) is 2. The van der Waals surface area contributed by atoms with E-state index in [9.17, 15) is 4.79 Å². The molecular formula is C13H22N2OS. The summed E-state index contributed by atoms with van der Waals surface area (Å²) in [6.45, 7) is 0.775. The monoisotopic (exact) mass is 254 g/mol. The third kappa shape index (κ3) is 3.41. The number of carbonyl (C=O) groups is 1. The van der Waals surface area contributed by atoms with E-state index in [0.717, 1.165) is 25.8 Å². The maximum absolute atomic E-state index is 11.9. The highest BCUT2D eigenvalue weighted by atomic mass is 32.1. The molecule has 0 heterocycles. The van der Waals surface area contributed by atoms with Crippen molar-refractivity contribution in [3.8, 4) is 0 Å². The van der Waals surface area contributed by atoms with E-state index in [2.05, 4.69) is 5.32 Å². The first-order chi connectivity index (χ1) is 8.20. The minimum absolute atomic E-state index is 0.289. The first kappa shape index (κ1) is 12.8. The van der Waals surface area contributed by atoms with Crippen LogP contribution in [0.1, 0.15) is 44.9 Å². The topological polar surface area (TPSA) is 55.1 Å². The van der Waals surface area contributed by atoms with E-state index in [4.69, 9.17) is 18.0 Å². The van der Waals surface area contributed by atoms with Crippen molar-refractivity contribution >= 4 is 23.1 Å². The van der Waals surface area contributed by atoms with Crippen LogP contribution in [-0.2, 0) is 4.79 Å². The summed E-state index contributed by atoms with van der Waals surface area (Å²) in [7, 11) is 0. The van der Waals surface area contributed by atoms with E-state index < -0.39 is 0 Å². The molecule has 2 aliphatic carbocycles. The van der Waals surface area contributed by atoms with Gasteiger partial charge in [0, 0.05) is 12.5 Å². The minimum Gasteiger partial charge on any atom is -0.393 e. The number of fused-ring (bicyclic) bond motifs is 1. The Morgan fingerprint density at radius 1 is 1.24 bits per heavy atom. The highest BCUT2D eigenvalue weighted by molar-refractivity contribution is 7.80. The van der Waals surface area contributed by atoms with Crippen molar-refractivity contribution < 1.29 is 4.79 Å². The zero-order valence-electron chi connectivity index (χ0n) is 10.3.